The highest BCUT2D eigenvalue weighted by molar-refractivity contribution is 6.75. The first-order chi connectivity index (χ1) is 13.2. The Bertz CT molecular complexity index is 497. The Labute approximate surface area is 168 Å². The van der Waals surface area contributed by atoms with Crippen LogP contribution in [-0.4, -0.2) is 30.1 Å². The third-order valence-electron chi connectivity index (χ3n) is 6.35. The fourth-order valence-electron chi connectivity index (χ4n) is 4.56. The molecule has 154 valence electrons. The number of benzene rings is 1. The molecule has 0 aromatic heterocycles. The summed E-state index contributed by atoms with van der Waals surface area (Å²) in [5, 5.41) is 1.04. The Morgan fingerprint density at radius 3 is 1.89 bits per heavy atom. The van der Waals surface area contributed by atoms with Crippen LogP contribution < -0.4 is 5.19 Å². The second kappa shape index (κ2) is 12.0. The van der Waals surface area contributed by atoms with E-state index in [1.807, 2.05) is 0 Å². The van der Waals surface area contributed by atoms with Gasteiger partial charge in [-0.1, -0.05) is 76.1 Å². The highest BCUT2D eigenvalue weighted by Crippen LogP contribution is 2.37. The standard InChI is InChI=1S/C23H40O3Si/c1-5-6-7-8-9-10-11-20-12-14-21(15-13-20)22-16-18-23(19-17-22)27(24-2,25-3)26-4/h16-21H,5-15H2,1-4H3. The molecule has 0 radical (unpaired) electrons. The van der Waals surface area contributed by atoms with Gasteiger partial charge in [0.15, 0.2) is 0 Å². The smallest absolute Gasteiger partial charge is 0.373 e. The summed E-state index contributed by atoms with van der Waals surface area (Å²) in [5.41, 5.74) is 1.46. The van der Waals surface area contributed by atoms with Crippen molar-refractivity contribution in [1.82, 2.24) is 0 Å². The van der Waals surface area contributed by atoms with E-state index in [2.05, 4.69) is 31.2 Å². The van der Waals surface area contributed by atoms with Crippen LogP contribution >= 0.6 is 0 Å². The minimum atomic E-state index is -2.70. The molecular weight excluding hydrogens is 352 g/mol. The molecule has 4 heteroatoms. The molecule has 0 aliphatic heterocycles. The van der Waals surface area contributed by atoms with Gasteiger partial charge in [0.2, 0.25) is 0 Å². The summed E-state index contributed by atoms with van der Waals surface area (Å²) < 4.78 is 16.8. The Kier molecular flexibility index (Phi) is 10.0. The summed E-state index contributed by atoms with van der Waals surface area (Å²) in [6.07, 6.45) is 15.4. The zero-order valence-electron chi connectivity index (χ0n) is 18.0. The summed E-state index contributed by atoms with van der Waals surface area (Å²) in [5.74, 6) is 1.67. The molecule has 0 heterocycles. The molecular formula is C23H40O3Si. The van der Waals surface area contributed by atoms with Crippen LogP contribution in [0.15, 0.2) is 24.3 Å². The maximum Gasteiger partial charge on any atom is 0.536 e. The van der Waals surface area contributed by atoms with Crippen LogP contribution in [0.25, 0.3) is 0 Å². The van der Waals surface area contributed by atoms with Gasteiger partial charge in [0, 0.05) is 26.5 Å². The summed E-state index contributed by atoms with van der Waals surface area (Å²) in [6.45, 7) is 2.29. The van der Waals surface area contributed by atoms with Gasteiger partial charge in [-0.15, -0.1) is 0 Å². The van der Waals surface area contributed by atoms with Crippen LogP contribution in [0.3, 0.4) is 0 Å². The van der Waals surface area contributed by atoms with Crippen molar-refractivity contribution in [2.75, 3.05) is 21.3 Å². The van der Waals surface area contributed by atoms with E-state index in [-0.39, 0.29) is 0 Å². The maximum atomic E-state index is 5.58. The van der Waals surface area contributed by atoms with Gasteiger partial charge in [-0.05, 0) is 43.1 Å². The van der Waals surface area contributed by atoms with E-state index >= 15 is 0 Å². The van der Waals surface area contributed by atoms with E-state index in [4.69, 9.17) is 13.3 Å². The first-order valence-electron chi connectivity index (χ1n) is 10.9. The summed E-state index contributed by atoms with van der Waals surface area (Å²) >= 11 is 0. The molecule has 2 rings (SSSR count). The monoisotopic (exact) mass is 392 g/mol. The van der Waals surface area contributed by atoms with Crippen molar-refractivity contribution in [2.24, 2.45) is 5.92 Å². The largest absolute Gasteiger partial charge is 0.536 e. The van der Waals surface area contributed by atoms with Gasteiger partial charge < -0.3 is 13.3 Å². The Balaban J connectivity index is 1.77. The minimum absolute atomic E-state index is 0.712. The molecule has 1 saturated carbocycles. The zero-order valence-corrected chi connectivity index (χ0v) is 19.0. The molecule has 0 atom stereocenters. The molecule has 0 bridgehead atoms. The topological polar surface area (TPSA) is 27.7 Å². The average molecular weight is 393 g/mol. The van der Waals surface area contributed by atoms with Crippen molar-refractivity contribution in [2.45, 2.75) is 83.5 Å². The normalized spacial score (nSPS) is 20.7. The Hall–Kier alpha value is -0.683. The molecule has 1 fully saturated rings. The van der Waals surface area contributed by atoms with Gasteiger partial charge in [0.1, 0.15) is 0 Å². The van der Waals surface area contributed by atoms with E-state index in [1.165, 1.54) is 76.2 Å². The van der Waals surface area contributed by atoms with E-state index in [9.17, 15) is 0 Å². The van der Waals surface area contributed by atoms with E-state index in [0.717, 1.165) is 11.1 Å². The van der Waals surface area contributed by atoms with Gasteiger partial charge in [0.25, 0.3) is 0 Å². The van der Waals surface area contributed by atoms with E-state index < -0.39 is 8.80 Å². The predicted molar refractivity (Wildman–Crippen MR) is 116 cm³/mol. The van der Waals surface area contributed by atoms with Crippen LogP contribution in [0.1, 0.15) is 89.0 Å². The van der Waals surface area contributed by atoms with Gasteiger partial charge in [-0.2, -0.15) is 0 Å². The summed E-state index contributed by atoms with van der Waals surface area (Å²) in [4.78, 5) is 0. The molecule has 1 aromatic rings. The van der Waals surface area contributed by atoms with Crippen molar-refractivity contribution in [3.8, 4) is 0 Å². The second-order valence-electron chi connectivity index (χ2n) is 8.06. The van der Waals surface area contributed by atoms with Crippen molar-refractivity contribution in [3.63, 3.8) is 0 Å². The van der Waals surface area contributed by atoms with Crippen molar-refractivity contribution in [3.05, 3.63) is 29.8 Å². The van der Waals surface area contributed by atoms with Crippen molar-refractivity contribution in [1.29, 1.82) is 0 Å². The molecule has 27 heavy (non-hydrogen) atoms. The molecule has 0 unspecified atom stereocenters. The fourth-order valence-corrected chi connectivity index (χ4v) is 6.34. The van der Waals surface area contributed by atoms with Crippen molar-refractivity contribution < 1.29 is 13.3 Å². The van der Waals surface area contributed by atoms with E-state index in [0.29, 0.717) is 5.92 Å². The lowest BCUT2D eigenvalue weighted by Gasteiger charge is -2.29. The summed E-state index contributed by atoms with van der Waals surface area (Å²) in [6, 6.07) is 8.79. The third kappa shape index (κ3) is 6.42. The molecule has 1 aromatic carbocycles. The van der Waals surface area contributed by atoms with Crippen LogP contribution in [0.4, 0.5) is 0 Å². The lowest BCUT2D eigenvalue weighted by atomic mass is 9.77. The molecule has 0 spiro atoms. The zero-order chi connectivity index (χ0) is 19.5. The third-order valence-corrected chi connectivity index (χ3v) is 9.01. The Morgan fingerprint density at radius 2 is 1.33 bits per heavy atom. The molecule has 1 aliphatic rings. The van der Waals surface area contributed by atoms with Gasteiger partial charge >= 0.3 is 8.80 Å². The maximum absolute atomic E-state index is 5.58. The molecule has 0 amide bonds. The highest BCUT2D eigenvalue weighted by atomic mass is 28.4. The summed E-state index contributed by atoms with van der Waals surface area (Å²) in [7, 11) is 2.29. The second-order valence-corrected chi connectivity index (χ2v) is 11.0. The lowest BCUT2D eigenvalue weighted by Crippen LogP contribution is -2.54. The minimum Gasteiger partial charge on any atom is -0.373 e. The number of hydrogen-bond acceptors (Lipinski definition) is 3. The van der Waals surface area contributed by atoms with Crippen LogP contribution in [0.5, 0.6) is 0 Å². The van der Waals surface area contributed by atoms with Crippen LogP contribution in [0, 0.1) is 5.92 Å². The van der Waals surface area contributed by atoms with Gasteiger partial charge in [-0.25, -0.2) is 0 Å². The average Bonchev–Trinajstić information content (AvgIpc) is 2.73. The molecule has 1 aliphatic carbocycles. The van der Waals surface area contributed by atoms with Crippen molar-refractivity contribution >= 4 is 14.0 Å². The van der Waals surface area contributed by atoms with Gasteiger partial charge in [0.05, 0.1) is 0 Å². The molecule has 3 nitrogen and oxygen atoms in total. The van der Waals surface area contributed by atoms with Crippen LogP contribution in [0.2, 0.25) is 0 Å². The predicted octanol–water partition coefficient (Wildman–Crippen LogP) is 5.80. The number of rotatable bonds is 12. The molecule has 0 N–H and O–H groups in total. The number of unbranched alkanes of at least 4 members (excludes halogenated alkanes) is 5. The van der Waals surface area contributed by atoms with Gasteiger partial charge in [-0.3, -0.25) is 0 Å². The molecule has 0 saturated heterocycles. The number of hydrogen-bond donors (Lipinski definition) is 0. The quantitative estimate of drug-likeness (QED) is 0.332. The highest BCUT2D eigenvalue weighted by Gasteiger charge is 2.40. The first-order valence-corrected chi connectivity index (χ1v) is 12.7. The Morgan fingerprint density at radius 1 is 0.778 bits per heavy atom. The first kappa shape index (κ1) is 22.6. The van der Waals surface area contributed by atoms with Crippen LogP contribution in [-0.2, 0) is 13.3 Å². The SMILES string of the molecule is CCCCCCCCC1CCC(c2ccc([Si](OC)(OC)OC)cc2)CC1. The van der Waals surface area contributed by atoms with E-state index in [1.54, 1.807) is 21.3 Å². The fraction of sp³-hybridized carbons (Fsp3) is 0.739. The lowest BCUT2D eigenvalue weighted by molar-refractivity contribution is 0.140.